The Morgan fingerprint density at radius 1 is 1.36 bits per heavy atom. The highest BCUT2D eigenvalue weighted by Crippen LogP contribution is 2.35. The summed E-state index contributed by atoms with van der Waals surface area (Å²) in [6, 6.07) is 12.2. The van der Waals surface area contributed by atoms with E-state index >= 15 is 0 Å². The summed E-state index contributed by atoms with van der Waals surface area (Å²) in [7, 11) is 0. The molecule has 0 saturated heterocycles. The minimum atomic E-state index is -0.250. The van der Waals surface area contributed by atoms with Crippen LogP contribution in [0.4, 0.5) is 5.82 Å². The third-order valence-electron chi connectivity index (χ3n) is 5.43. The van der Waals surface area contributed by atoms with Gasteiger partial charge in [-0.05, 0) is 29.7 Å². The molecule has 1 aromatic carbocycles. The van der Waals surface area contributed by atoms with Gasteiger partial charge in [0.2, 0.25) is 5.91 Å². The minimum absolute atomic E-state index is 0.136. The van der Waals surface area contributed by atoms with Crippen LogP contribution in [0.25, 0.3) is 11.1 Å². The number of rotatable bonds is 5. The summed E-state index contributed by atoms with van der Waals surface area (Å²) in [5, 5.41) is 21.0. The van der Waals surface area contributed by atoms with Gasteiger partial charge in [-0.25, -0.2) is 4.98 Å². The van der Waals surface area contributed by atoms with Crippen molar-refractivity contribution in [1.82, 2.24) is 19.7 Å². The number of amides is 1. The fourth-order valence-corrected chi connectivity index (χ4v) is 4.00. The fraction of sp³-hybridized carbons (Fsp3) is 0.292. The molecule has 0 fully saturated rings. The van der Waals surface area contributed by atoms with E-state index in [4.69, 9.17) is 15.6 Å². The van der Waals surface area contributed by atoms with Crippen LogP contribution in [0.2, 0.25) is 0 Å². The zero-order valence-corrected chi connectivity index (χ0v) is 18.4. The summed E-state index contributed by atoms with van der Waals surface area (Å²) in [6.07, 6.45) is 5.64. The Morgan fingerprint density at radius 2 is 2.15 bits per heavy atom. The van der Waals surface area contributed by atoms with Crippen molar-refractivity contribution in [2.75, 3.05) is 12.3 Å². The van der Waals surface area contributed by atoms with Gasteiger partial charge in [0.1, 0.15) is 17.5 Å². The van der Waals surface area contributed by atoms with Crippen molar-refractivity contribution in [2.45, 2.75) is 39.3 Å². The second kappa shape index (κ2) is 10.9. The van der Waals surface area contributed by atoms with Crippen LogP contribution in [0.1, 0.15) is 42.1 Å². The van der Waals surface area contributed by atoms with Gasteiger partial charge in [0, 0.05) is 49.5 Å². The number of hydrogen-bond donors (Lipinski definition) is 2. The molecule has 0 aliphatic carbocycles. The first kappa shape index (κ1) is 23.5. The normalized spacial score (nSPS) is 12.2. The molecule has 3 N–H and O–H groups in total. The maximum Gasteiger partial charge on any atom is 0.290 e. The molecule has 9 nitrogen and oxygen atoms in total. The summed E-state index contributed by atoms with van der Waals surface area (Å²) in [5.41, 5.74) is 11.1. The molecule has 9 heteroatoms. The Labute approximate surface area is 192 Å². The number of carbonyl (C=O) groups excluding carboxylic acids is 1. The average molecular weight is 447 g/mol. The molecule has 0 saturated carbocycles. The predicted molar refractivity (Wildman–Crippen MR) is 123 cm³/mol. The average Bonchev–Trinajstić information content (AvgIpc) is 3.31. The fourth-order valence-electron chi connectivity index (χ4n) is 4.00. The minimum Gasteiger partial charge on any atom is -0.483 e. The lowest BCUT2D eigenvalue weighted by molar-refractivity contribution is -0.132. The van der Waals surface area contributed by atoms with E-state index in [9.17, 15) is 10.1 Å². The summed E-state index contributed by atoms with van der Waals surface area (Å²) in [5.74, 6) is 0.383. The van der Waals surface area contributed by atoms with Crippen molar-refractivity contribution in [3.8, 4) is 17.2 Å². The Kier molecular flexibility index (Phi) is 7.76. The van der Waals surface area contributed by atoms with Crippen molar-refractivity contribution in [2.24, 2.45) is 0 Å². The zero-order chi connectivity index (χ0) is 23.8. The zero-order valence-electron chi connectivity index (χ0n) is 18.4. The van der Waals surface area contributed by atoms with Gasteiger partial charge in [0.25, 0.3) is 6.47 Å². The molecular weight excluding hydrogens is 420 g/mol. The molecule has 4 rings (SSSR count). The second-order valence-electron chi connectivity index (χ2n) is 7.61. The molecule has 3 heterocycles. The van der Waals surface area contributed by atoms with Crippen molar-refractivity contribution < 1.29 is 14.7 Å². The van der Waals surface area contributed by atoms with Gasteiger partial charge < -0.3 is 15.7 Å². The summed E-state index contributed by atoms with van der Waals surface area (Å²) in [4.78, 5) is 27.2. The van der Waals surface area contributed by atoms with E-state index in [0.717, 1.165) is 34.4 Å². The largest absolute Gasteiger partial charge is 0.483 e. The Balaban J connectivity index is 0.000000968. The molecule has 1 aliphatic rings. The maximum atomic E-state index is 12.5. The Hall–Kier alpha value is -4.19. The summed E-state index contributed by atoms with van der Waals surface area (Å²) in [6.45, 7) is 3.47. The Morgan fingerprint density at radius 3 is 2.82 bits per heavy atom. The lowest BCUT2D eigenvalue weighted by Gasteiger charge is -2.30. The first-order chi connectivity index (χ1) is 16.0. The van der Waals surface area contributed by atoms with Crippen LogP contribution in [0.3, 0.4) is 0 Å². The smallest absolute Gasteiger partial charge is 0.290 e. The maximum absolute atomic E-state index is 12.5. The van der Waals surface area contributed by atoms with E-state index in [2.05, 4.69) is 22.2 Å². The molecular formula is C24H26N6O3. The molecule has 0 atom stereocenters. The van der Waals surface area contributed by atoms with Crippen LogP contribution in [0.5, 0.6) is 0 Å². The number of hydrogen-bond acceptors (Lipinski definition) is 6. The van der Waals surface area contributed by atoms with Crippen molar-refractivity contribution in [3.63, 3.8) is 0 Å². The van der Waals surface area contributed by atoms with Gasteiger partial charge in [-0.1, -0.05) is 25.1 Å². The number of nitrogens with two attached hydrogens (primary N) is 1. The molecule has 0 bridgehead atoms. The first-order valence-electron chi connectivity index (χ1n) is 10.7. The van der Waals surface area contributed by atoms with Gasteiger partial charge in [0.15, 0.2) is 0 Å². The number of carboxylic acid groups (broad SMARTS) is 1. The molecule has 1 aliphatic heterocycles. The third kappa shape index (κ3) is 5.36. The van der Waals surface area contributed by atoms with Crippen LogP contribution < -0.4 is 5.73 Å². The molecule has 1 amide bonds. The number of aromatic nitrogens is 3. The number of anilines is 1. The highest BCUT2D eigenvalue weighted by molar-refractivity contribution is 5.81. The Bertz CT molecular complexity index is 1170. The van der Waals surface area contributed by atoms with Crippen LogP contribution in [-0.4, -0.2) is 43.7 Å². The number of pyridine rings is 1. The number of nitrogens with zero attached hydrogens (tertiary/aromatic N) is 5. The van der Waals surface area contributed by atoms with Crippen LogP contribution in [-0.2, 0) is 29.1 Å². The summed E-state index contributed by atoms with van der Waals surface area (Å²) < 4.78 is 1.85. The molecule has 0 unspecified atom stereocenters. The standard InChI is InChI=1S/C23H24N6O.CH2O2/c1-2-5-21(30)28-11-8-20-19(15-28)22(18(13-24)23(25)27-20)17-7-3-6-16(12-17)14-29-10-4-9-26-29;2-1-3/h3-4,6-7,9-10,12H,2,5,8,11,14-15H2,1H3,(H2,25,27);1H,(H,2,3). The van der Waals surface area contributed by atoms with Gasteiger partial charge in [-0.3, -0.25) is 14.3 Å². The monoisotopic (exact) mass is 446 g/mol. The number of nitriles is 1. The van der Waals surface area contributed by atoms with Crippen LogP contribution >= 0.6 is 0 Å². The highest BCUT2D eigenvalue weighted by Gasteiger charge is 2.27. The second-order valence-corrected chi connectivity index (χ2v) is 7.61. The number of fused-ring (bicyclic) bond motifs is 1. The molecule has 170 valence electrons. The summed E-state index contributed by atoms with van der Waals surface area (Å²) >= 11 is 0. The lowest BCUT2D eigenvalue weighted by Crippen LogP contribution is -2.36. The van der Waals surface area contributed by atoms with E-state index in [-0.39, 0.29) is 18.2 Å². The molecule has 2 aromatic heterocycles. The lowest BCUT2D eigenvalue weighted by atomic mass is 9.90. The molecule has 0 radical (unpaired) electrons. The molecule has 0 spiro atoms. The van der Waals surface area contributed by atoms with Crippen molar-refractivity contribution in [3.05, 3.63) is 65.1 Å². The van der Waals surface area contributed by atoms with Gasteiger partial charge in [-0.2, -0.15) is 10.4 Å². The van der Waals surface area contributed by atoms with Gasteiger partial charge in [-0.15, -0.1) is 0 Å². The van der Waals surface area contributed by atoms with Gasteiger partial charge >= 0.3 is 0 Å². The van der Waals surface area contributed by atoms with Gasteiger partial charge in [0.05, 0.1) is 12.2 Å². The predicted octanol–water partition coefficient (Wildman–Crippen LogP) is 2.83. The third-order valence-corrected chi connectivity index (χ3v) is 5.43. The number of carbonyl (C=O) groups is 2. The van der Waals surface area contributed by atoms with Crippen LogP contribution in [0, 0.1) is 11.3 Å². The first-order valence-corrected chi connectivity index (χ1v) is 10.7. The topological polar surface area (TPSA) is 138 Å². The van der Waals surface area contributed by atoms with E-state index in [0.29, 0.717) is 38.0 Å². The molecule has 3 aromatic rings. The quantitative estimate of drug-likeness (QED) is 0.575. The van der Waals surface area contributed by atoms with E-state index < -0.39 is 0 Å². The highest BCUT2D eigenvalue weighted by atomic mass is 16.3. The van der Waals surface area contributed by atoms with Crippen molar-refractivity contribution >= 4 is 18.2 Å². The number of nitrogen functional groups attached to an aromatic ring is 1. The number of benzene rings is 1. The SMILES string of the molecule is CCCC(=O)N1CCc2nc(N)c(C#N)c(-c3cccc(Cn4cccn4)c3)c2C1.O=CO. The molecule has 33 heavy (non-hydrogen) atoms. The van der Waals surface area contributed by atoms with Crippen LogP contribution in [0.15, 0.2) is 42.7 Å². The van der Waals surface area contributed by atoms with Crippen molar-refractivity contribution in [1.29, 1.82) is 5.26 Å². The van der Waals surface area contributed by atoms with E-state index in [1.807, 2.05) is 47.0 Å². The van der Waals surface area contributed by atoms with E-state index in [1.54, 1.807) is 6.20 Å². The van der Waals surface area contributed by atoms with E-state index in [1.165, 1.54) is 0 Å².